The van der Waals surface area contributed by atoms with Crippen LogP contribution in [0.2, 0.25) is 5.02 Å². The highest BCUT2D eigenvalue weighted by Crippen LogP contribution is 2.20. The minimum absolute atomic E-state index is 0.756. The Hall–Kier alpha value is -1.50. The Morgan fingerprint density at radius 3 is 2.73 bits per heavy atom. The molecule has 0 bridgehead atoms. The fourth-order valence-corrected chi connectivity index (χ4v) is 3.01. The molecular formula is C15H21ClN6. The third kappa shape index (κ3) is 3.82. The van der Waals surface area contributed by atoms with Crippen LogP contribution in [-0.4, -0.2) is 69.8 Å². The summed E-state index contributed by atoms with van der Waals surface area (Å²) >= 11 is 6.15. The number of hydrogen-bond donors (Lipinski definition) is 0. The predicted molar refractivity (Wildman–Crippen MR) is 86.4 cm³/mol. The summed E-state index contributed by atoms with van der Waals surface area (Å²) in [5.41, 5.74) is 2.20. The average Bonchev–Trinajstić information content (AvgIpc) is 3.04. The average molecular weight is 321 g/mol. The van der Waals surface area contributed by atoms with Crippen LogP contribution in [-0.2, 0) is 6.42 Å². The van der Waals surface area contributed by atoms with Gasteiger partial charge in [-0.2, -0.15) is 0 Å². The number of piperazine rings is 1. The van der Waals surface area contributed by atoms with Crippen LogP contribution in [0.5, 0.6) is 0 Å². The Balaban J connectivity index is 1.61. The van der Waals surface area contributed by atoms with Crippen molar-refractivity contribution in [1.82, 2.24) is 30.0 Å². The summed E-state index contributed by atoms with van der Waals surface area (Å²) < 4.78 is 1.70. The van der Waals surface area contributed by atoms with E-state index in [1.54, 1.807) is 11.0 Å². The lowest BCUT2D eigenvalue weighted by Gasteiger charge is -2.32. The summed E-state index contributed by atoms with van der Waals surface area (Å²) in [7, 11) is 2.18. The highest BCUT2D eigenvalue weighted by Gasteiger charge is 2.13. The number of benzene rings is 1. The molecule has 1 aromatic heterocycles. The van der Waals surface area contributed by atoms with Gasteiger partial charge in [0.2, 0.25) is 0 Å². The number of likely N-dealkylation sites (N-methyl/N-ethyl adjacent to an activating group) is 1. The molecule has 22 heavy (non-hydrogen) atoms. The summed E-state index contributed by atoms with van der Waals surface area (Å²) in [5, 5.41) is 12.2. The van der Waals surface area contributed by atoms with Crippen molar-refractivity contribution in [3.05, 3.63) is 35.1 Å². The molecule has 1 aromatic carbocycles. The molecule has 1 aliphatic rings. The summed E-state index contributed by atoms with van der Waals surface area (Å²) in [4.78, 5) is 4.91. The molecule has 2 aromatic rings. The predicted octanol–water partition coefficient (Wildman–Crippen LogP) is 1.50. The van der Waals surface area contributed by atoms with Gasteiger partial charge in [0, 0.05) is 31.2 Å². The zero-order valence-corrected chi connectivity index (χ0v) is 13.6. The van der Waals surface area contributed by atoms with E-state index in [1.165, 1.54) is 5.56 Å². The van der Waals surface area contributed by atoms with Gasteiger partial charge in [0.1, 0.15) is 6.33 Å². The molecule has 2 heterocycles. The number of aromatic nitrogens is 4. The van der Waals surface area contributed by atoms with Crippen LogP contribution >= 0.6 is 11.6 Å². The van der Waals surface area contributed by atoms with Crippen molar-refractivity contribution in [1.29, 1.82) is 0 Å². The molecule has 0 amide bonds. The molecule has 0 N–H and O–H groups in total. The minimum Gasteiger partial charge on any atom is -0.304 e. The van der Waals surface area contributed by atoms with Gasteiger partial charge in [-0.1, -0.05) is 11.6 Å². The van der Waals surface area contributed by atoms with Crippen molar-refractivity contribution in [2.45, 2.75) is 12.8 Å². The normalized spacial score (nSPS) is 17.0. The third-order valence-corrected chi connectivity index (χ3v) is 4.39. The summed E-state index contributed by atoms with van der Waals surface area (Å²) in [6, 6.07) is 5.87. The molecule has 1 fully saturated rings. The highest BCUT2D eigenvalue weighted by molar-refractivity contribution is 6.30. The standard InChI is InChI=1S/C15H21ClN6/c1-20-7-9-21(10-8-20)6-2-3-13-11-14(16)4-5-15(13)22-12-17-18-19-22/h4-5,11-12H,2-3,6-10H2,1H3. The van der Waals surface area contributed by atoms with Crippen LogP contribution in [0, 0.1) is 0 Å². The smallest absolute Gasteiger partial charge is 0.143 e. The lowest BCUT2D eigenvalue weighted by Crippen LogP contribution is -2.44. The van der Waals surface area contributed by atoms with E-state index in [1.807, 2.05) is 18.2 Å². The number of tetrazole rings is 1. The van der Waals surface area contributed by atoms with Crippen LogP contribution in [0.4, 0.5) is 0 Å². The molecule has 0 spiro atoms. The Morgan fingerprint density at radius 2 is 2.00 bits per heavy atom. The van der Waals surface area contributed by atoms with Gasteiger partial charge >= 0.3 is 0 Å². The van der Waals surface area contributed by atoms with Crippen molar-refractivity contribution < 1.29 is 0 Å². The van der Waals surface area contributed by atoms with Gasteiger partial charge in [-0.15, -0.1) is 5.10 Å². The first-order valence-electron chi connectivity index (χ1n) is 7.65. The molecule has 0 atom stereocenters. The Kier molecular flexibility index (Phi) is 5.02. The molecule has 0 unspecified atom stereocenters. The van der Waals surface area contributed by atoms with E-state index >= 15 is 0 Å². The van der Waals surface area contributed by atoms with Gasteiger partial charge < -0.3 is 9.80 Å². The first-order valence-corrected chi connectivity index (χ1v) is 8.03. The number of nitrogens with zero attached hydrogens (tertiary/aromatic N) is 6. The van der Waals surface area contributed by atoms with Crippen molar-refractivity contribution >= 4 is 11.6 Å². The number of halogens is 1. The molecule has 1 aliphatic heterocycles. The second-order valence-electron chi connectivity index (χ2n) is 5.78. The van der Waals surface area contributed by atoms with Gasteiger partial charge in [-0.3, -0.25) is 0 Å². The van der Waals surface area contributed by atoms with E-state index in [4.69, 9.17) is 11.6 Å². The fraction of sp³-hybridized carbons (Fsp3) is 0.533. The first kappa shape index (κ1) is 15.4. The van der Waals surface area contributed by atoms with E-state index in [0.717, 1.165) is 56.3 Å². The number of rotatable bonds is 5. The SMILES string of the molecule is CN1CCN(CCCc2cc(Cl)ccc2-n2cnnn2)CC1. The van der Waals surface area contributed by atoms with Crippen molar-refractivity contribution in [3.8, 4) is 5.69 Å². The first-order chi connectivity index (χ1) is 10.7. The summed E-state index contributed by atoms with van der Waals surface area (Å²) in [6.07, 6.45) is 3.70. The molecule has 7 heteroatoms. The molecule has 118 valence electrons. The van der Waals surface area contributed by atoms with E-state index < -0.39 is 0 Å². The van der Waals surface area contributed by atoms with E-state index in [-0.39, 0.29) is 0 Å². The van der Waals surface area contributed by atoms with Gasteiger partial charge in [0.05, 0.1) is 5.69 Å². The maximum absolute atomic E-state index is 6.15. The van der Waals surface area contributed by atoms with Gasteiger partial charge in [-0.25, -0.2) is 4.68 Å². The maximum Gasteiger partial charge on any atom is 0.143 e. The topological polar surface area (TPSA) is 50.1 Å². The molecular weight excluding hydrogens is 300 g/mol. The quantitative estimate of drug-likeness (QED) is 0.835. The zero-order chi connectivity index (χ0) is 15.4. The Bertz CT molecular complexity index is 592. The van der Waals surface area contributed by atoms with Crippen molar-refractivity contribution in [2.75, 3.05) is 39.8 Å². The van der Waals surface area contributed by atoms with Crippen LogP contribution in [0.25, 0.3) is 5.69 Å². The molecule has 1 saturated heterocycles. The van der Waals surface area contributed by atoms with Crippen molar-refractivity contribution in [3.63, 3.8) is 0 Å². The number of hydrogen-bond acceptors (Lipinski definition) is 5. The van der Waals surface area contributed by atoms with Crippen LogP contribution in [0.3, 0.4) is 0 Å². The molecule has 3 rings (SSSR count). The van der Waals surface area contributed by atoms with Gasteiger partial charge in [0.25, 0.3) is 0 Å². The Morgan fingerprint density at radius 1 is 1.18 bits per heavy atom. The van der Waals surface area contributed by atoms with E-state index in [9.17, 15) is 0 Å². The summed E-state index contributed by atoms with van der Waals surface area (Å²) in [5.74, 6) is 0. The molecule has 0 saturated carbocycles. The van der Waals surface area contributed by atoms with Crippen LogP contribution < -0.4 is 0 Å². The van der Waals surface area contributed by atoms with Gasteiger partial charge in [0.15, 0.2) is 0 Å². The van der Waals surface area contributed by atoms with Crippen LogP contribution in [0.15, 0.2) is 24.5 Å². The molecule has 6 nitrogen and oxygen atoms in total. The maximum atomic E-state index is 6.15. The van der Waals surface area contributed by atoms with Crippen molar-refractivity contribution in [2.24, 2.45) is 0 Å². The fourth-order valence-electron chi connectivity index (χ4n) is 2.81. The summed E-state index contributed by atoms with van der Waals surface area (Å²) in [6.45, 7) is 5.76. The van der Waals surface area contributed by atoms with E-state index in [2.05, 4.69) is 32.4 Å². The zero-order valence-electron chi connectivity index (χ0n) is 12.8. The second kappa shape index (κ2) is 7.17. The minimum atomic E-state index is 0.756. The number of aryl methyl sites for hydroxylation is 1. The molecule has 0 radical (unpaired) electrons. The van der Waals surface area contributed by atoms with Gasteiger partial charge in [-0.05, 0) is 60.6 Å². The highest BCUT2D eigenvalue weighted by atomic mass is 35.5. The lowest BCUT2D eigenvalue weighted by molar-refractivity contribution is 0.153. The second-order valence-corrected chi connectivity index (χ2v) is 6.21. The Labute approximate surface area is 135 Å². The van der Waals surface area contributed by atoms with E-state index in [0.29, 0.717) is 0 Å². The largest absolute Gasteiger partial charge is 0.304 e. The van der Waals surface area contributed by atoms with Crippen LogP contribution in [0.1, 0.15) is 12.0 Å². The third-order valence-electron chi connectivity index (χ3n) is 4.15. The monoisotopic (exact) mass is 320 g/mol. The lowest BCUT2D eigenvalue weighted by atomic mass is 10.1. The molecule has 0 aliphatic carbocycles.